The van der Waals surface area contributed by atoms with Crippen LogP contribution in [0.2, 0.25) is 0 Å². The Kier molecular flexibility index (Phi) is 4.16. The highest BCUT2D eigenvalue weighted by Crippen LogP contribution is 2.32. The molecule has 0 unspecified atom stereocenters. The number of hydrogen-bond acceptors (Lipinski definition) is 5. The van der Waals surface area contributed by atoms with Crippen molar-refractivity contribution in [2.24, 2.45) is 7.05 Å². The Morgan fingerprint density at radius 1 is 1.48 bits per heavy atom. The fourth-order valence-corrected chi connectivity index (χ4v) is 2.38. The third-order valence-corrected chi connectivity index (χ3v) is 3.62. The molecule has 6 heteroatoms. The second-order valence-electron chi connectivity index (χ2n) is 5.35. The molecule has 0 bridgehead atoms. The van der Waals surface area contributed by atoms with Gasteiger partial charge in [0.15, 0.2) is 5.65 Å². The largest absolute Gasteiger partial charge is 0.462 e. The van der Waals surface area contributed by atoms with Crippen LogP contribution < -0.4 is 4.90 Å². The number of carbonyl (C=O) groups excluding carboxylic acids is 1. The van der Waals surface area contributed by atoms with E-state index in [2.05, 4.69) is 28.8 Å². The summed E-state index contributed by atoms with van der Waals surface area (Å²) >= 11 is 0. The van der Waals surface area contributed by atoms with Crippen molar-refractivity contribution in [1.29, 1.82) is 0 Å². The van der Waals surface area contributed by atoms with E-state index in [9.17, 15) is 4.79 Å². The number of hydrogen-bond donors (Lipinski definition) is 0. The highest BCUT2D eigenvalue weighted by Gasteiger charge is 2.24. The predicted molar refractivity (Wildman–Crippen MR) is 82.7 cm³/mol. The molecule has 0 radical (unpaired) electrons. The quantitative estimate of drug-likeness (QED) is 0.809. The molecule has 0 aromatic carbocycles. The number of aryl methyl sites for hydroxylation is 2. The smallest absolute Gasteiger partial charge is 0.341 e. The van der Waals surface area contributed by atoms with E-state index in [1.165, 1.54) is 0 Å². The molecule has 2 heterocycles. The molecule has 2 aromatic heterocycles. The monoisotopic (exact) mass is 290 g/mol. The lowest BCUT2D eigenvalue weighted by molar-refractivity contribution is 0.0527. The molecule has 2 aromatic rings. The van der Waals surface area contributed by atoms with Gasteiger partial charge in [0.25, 0.3) is 0 Å². The lowest BCUT2D eigenvalue weighted by Gasteiger charge is -2.26. The summed E-state index contributed by atoms with van der Waals surface area (Å²) in [6.45, 7) is 8.22. The van der Waals surface area contributed by atoms with Crippen molar-refractivity contribution in [3.05, 3.63) is 17.5 Å². The van der Waals surface area contributed by atoms with Gasteiger partial charge in [-0.3, -0.25) is 4.68 Å². The number of pyridine rings is 1. The SMILES string of the molecule is CCOC(=O)c1cnc2c(c(C)nn2C)c1N(C)C(C)C. The second kappa shape index (κ2) is 5.71. The average Bonchev–Trinajstić information content (AvgIpc) is 2.72. The first-order valence-electron chi connectivity index (χ1n) is 7.10. The summed E-state index contributed by atoms with van der Waals surface area (Å²) in [5.41, 5.74) is 2.94. The molecule has 0 aliphatic rings. The fraction of sp³-hybridized carbons (Fsp3) is 0.533. The minimum absolute atomic E-state index is 0.239. The van der Waals surface area contributed by atoms with Crippen molar-refractivity contribution in [3.8, 4) is 0 Å². The molecule has 0 amide bonds. The van der Waals surface area contributed by atoms with Crippen LogP contribution in [0.25, 0.3) is 11.0 Å². The standard InChI is InChI=1S/C15H22N4O2/c1-7-21-15(20)11-8-16-14-12(10(4)17-19(14)6)13(11)18(5)9(2)3/h8-9H,7H2,1-6H3. The van der Waals surface area contributed by atoms with Gasteiger partial charge >= 0.3 is 5.97 Å². The van der Waals surface area contributed by atoms with Crippen LogP contribution in [0.1, 0.15) is 36.8 Å². The molecule has 0 saturated carbocycles. The van der Waals surface area contributed by atoms with Crippen LogP contribution in [-0.2, 0) is 11.8 Å². The van der Waals surface area contributed by atoms with Crippen LogP contribution in [0, 0.1) is 6.92 Å². The molecule has 0 fully saturated rings. The van der Waals surface area contributed by atoms with Gasteiger partial charge < -0.3 is 9.64 Å². The number of fused-ring (bicyclic) bond motifs is 1. The zero-order valence-corrected chi connectivity index (χ0v) is 13.5. The molecule has 0 spiro atoms. The van der Waals surface area contributed by atoms with Crippen molar-refractivity contribution in [2.75, 3.05) is 18.6 Å². The normalized spacial score (nSPS) is 11.2. The maximum absolute atomic E-state index is 12.2. The Bertz CT molecular complexity index is 676. The van der Waals surface area contributed by atoms with Gasteiger partial charge in [0, 0.05) is 26.3 Å². The van der Waals surface area contributed by atoms with Gasteiger partial charge in [-0.1, -0.05) is 0 Å². The minimum atomic E-state index is -0.349. The van der Waals surface area contributed by atoms with E-state index in [0.29, 0.717) is 12.2 Å². The lowest BCUT2D eigenvalue weighted by atomic mass is 10.1. The first-order valence-corrected chi connectivity index (χ1v) is 7.10. The molecule has 114 valence electrons. The lowest BCUT2D eigenvalue weighted by Crippen LogP contribution is -2.28. The summed E-state index contributed by atoms with van der Waals surface area (Å²) in [6.07, 6.45) is 1.58. The van der Waals surface area contributed by atoms with Crippen LogP contribution in [0.3, 0.4) is 0 Å². The van der Waals surface area contributed by atoms with Crippen LogP contribution in [0.5, 0.6) is 0 Å². The number of anilines is 1. The minimum Gasteiger partial charge on any atom is -0.462 e. The number of nitrogens with zero attached hydrogens (tertiary/aromatic N) is 4. The number of esters is 1. The summed E-state index contributed by atoms with van der Waals surface area (Å²) < 4.78 is 6.89. The summed E-state index contributed by atoms with van der Waals surface area (Å²) in [7, 11) is 3.82. The van der Waals surface area contributed by atoms with E-state index in [1.807, 2.05) is 21.0 Å². The summed E-state index contributed by atoms with van der Waals surface area (Å²) in [4.78, 5) is 18.7. The Morgan fingerprint density at radius 3 is 2.71 bits per heavy atom. The third-order valence-electron chi connectivity index (χ3n) is 3.62. The molecule has 21 heavy (non-hydrogen) atoms. The average molecular weight is 290 g/mol. The Labute approximate surface area is 124 Å². The molecular weight excluding hydrogens is 268 g/mol. The molecular formula is C15H22N4O2. The Balaban J connectivity index is 2.77. The molecule has 6 nitrogen and oxygen atoms in total. The first kappa shape index (κ1) is 15.3. The van der Waals surface area contributed by atoms with Crippen LogP contribution in [0.4, 0.5) is 5.69 Å². The zero-order valence-electron chi connectivity index (χ0n) is 13.5. The Hall–Kier alpha value is -2.11. The van der Waals surface area contributed by atoms with Gasteiger partial charge in [-0.2, -0.15) is 5.10 Å². The highest BCUT2D eigenvalue weighted by atomic mass is 16.5. The van der Waals surface area contributed by atoms with E-state index in [4.69, 9.17) is 4.74 Å². The van der Waals surface area contributed by atoms with Gasteiger partial charge in [0.2, 0.25) is 0 Å². The third kappa shape index (κ3) is 2.57. The van der Waals surface area contributed by atoms with Crippen LogP contribution in [0.15, 0.2) is 6.20 Å². The predicted octanol–water partition coefficient (Wildman–Crippen LogP) is 2.30. The van der Waals surface area contributed by atoms with Crippen molar-refractivity contribution >= 4 is 22.7 Å². The topological polar surface area (TPSA) is 60.2 Å². The van der Waals surface area contributed by atoms with Gasteiger partial charge in [0.1, 0.15) is 5.56 Å². The summed E-state index contributed by atoms with van der Waals surface area (Å²) in [5.74, 6) is -0.349. The van der Waals surface area contributed by atoms with E-state index in [1.54, 1.807) is 17.8 Å². The number of ether oxygens (including phenoxy) is 1. The Morgan fingerprint density at radius 2 is 2.14 bits per heavy atom. The van der Waals surface area contributed by atoms with Gasteiger partial charge in [-0.15, -0.1) is 0 Å². The van der Waals surface area contributed by atoms with E-state index in [0.717, 1.165) is 22.4 Å². The molecule has 0 saturated heterocycles. The molecule has 2 rings (SSSR count). The number of carbonyl (C=O) groups is 1. The first-order chi connectivity index (χ1) is 9.88. The van der Waals surface area contributed by atoms with E-state index >= 15 is 0 Å². The number of aromatic nitrogens is 3. The van der Waals surface area contributed by atoms with Crippen molar-refractivity contribution in [3.63, 3.8) is 0 Å². The van der Waals surface area contributed by atoms with Gasteiger partial charge in [-0.05, 0) is 27.7 Å². The summed E-state index contributed by atoms with van der Waals surface area (Å²) in [6, 6.07) is 0.239. The van der Waals surface area contributed by atoms with Crippen molar-refractivity contribution in [1.82, 2.24) is 14.8 Å². The van der Waals surface area contributed by atoms with E-state index < -0.39 is 0 Å². The van der Waals surface area contributed by atoms with Gasteiger partial charge in [-0.25, -0.2) is 9.78 Å². The molecule has 0 aliphatic heterocycles. The molecule has 0 atom stereocenters. The number of rotatable bonds is 4. The molecule has 0 aliphatic carbocycles. The van der Waals surface area contributed by atoms with Crippen LogP contribution in [-0.4, -0.2) is 40.4 Å². The summed E-state index contributed by atoms with van der Waals surface area (Å²) in [5, 5.41) is 5.32. The zero-order chi connectivity index (χ0) is 15.7. The maximum Gasteiger partial charge on any atom is 0.341 e. The maximum atomic E-state index is 12.2. The van der Waals surface area contributed by atoms with Gasteiger partial charge in [0.05, 0.1) is 23.4 Å². The van der Waals surface area contributed by atoms with Crippen LogP contribution >= 0.6 is 0 Å². The molecule has 0 N–H and O–H groups in total. The van der Waals surface area contributed by atoms with Crippen molar-refractivity contribution < 1.29 is 9.53 Å². The van der Waals surface area contributed by atoms with Crippen molar-refractivity contribution in [2.45, 2.75) is 33.7 Å². The highest BCUT2D eigenvalue weighted by molar-refractivity contribution is 6.05. The fourth-order valence-electron chi connectivity index (χ4n) is 2.38. The second-order valence-corrected chi connectivity index (χ2v) is 5.35. The van der Waals surface area contributed by atoms with E-state index in [-0.39, 0.29) is 12.0 Å².